The van der Waals surface area contributed by atoms with Crippen LogP contribution in [0.25, 0.3) is 0 Å². The largest absolute Gasteiger partial charge is 0.389 e. The molecule has 0 aromatic carbocycles. The first kappa shape index (κ1) is 17.3. The molecule has 6 nitrogen and oxygen atoms in total. The molecule has 0 atom stereocenters. The molecule has 0 unspecified atom stereocenters. The molecule has 0 fully saturated rings. The van der Waals surface area contributed by atoms with Crippen LogP contribution in [0, 0.1) is 0 Å². The zero-order chi connectivity index (χ0) is 14.7. The first-order chi connectivity index (χ1) is 9.10. The topological polar surface area (TPSA) is 69.0 Å². The van der Waals surface area contributed by atoms with E-state index in [9.17, 15) is 0 Å². The molecular formula is C13H27N6+. The van der Waals surface area contributed by atoms with E-state index in [1.165, 1.54) is 0 Å². The fourth-order valence-electron chi connectivity index (χ4n) is 1.54. The van der Waals surface area contributed by atoms with Gasteiger partial charge in [0, 0.05) is 6.54 Å². The smallest absolute Gasteiger partial charge is 0.326 e. The summed E-state index contributed by atoms with van der Waals surface area (Å²) in [6, 6.07) is 0. The molecule has 19 heavy (non-hydrogen) atoms. The van der Waals surface area contributed by atoms with Crippen molar-refractivity contribution in [3.63, 3.8) is 0 Å². The van der Waals surface area contributed by atoms with Crippen molar-refractivity contribution in [1.82, 2.24) is 10.3 Å². The molecular weight excluding hydrogens is 240 g/mol. The highest BCUT2D eigenvalue weighted by Crippen LogP contribution is 1.95. The third kappa shape index (κ3) is 6.71. The lowest BCUT2D eigenvalue weighted by atomic mass is 10.3. The summed E-state index contributed by atoms with van der Waals surface area (Å²) in [7, 11) is 1.95. The maximum atomic E-state index is 5.41. The second kappa shape index (κ2) is 10.3. The van der Waals surface area contributed by atoms with E-state index in [1.54, 1.807) is 6.21 Å². The molecule has 0 bridgehead atoms. The molecule has 0 aromatic rings. The standard InChI is InChI=1S/C13H27N6/c1-6-8-19(7-2)13(15-4)18(5)11-17-16-10-12(3)9-14/h10,17H,3-4,6-9,11,14H2,1-2,5H3/q+1. The quantitative estimate of drug-likeness (QED) is 0.221. The number of rotatable bonds is 8. The van der Waals surface area contributed by atoms with Gasteiger partial charge in [-0.1, -0.05) is 18.5 Å². The molecule has 6 heteroatoms. The Balaban J connectivity index is 4.57. The van der Waals surface area contributed by atoms with Crippen LogP contribution in [-0.2, 0) is 0 Å². The van der Waals surface area contributed by atoms with Crippen LogP contribution in [0.2, 0.25) is 0 Å². The van der Waals surface area contributed by atoms with Crippen molar-refractivity contribution in [3.05, 3.63) is 12.2 Å². The van der Waals surface area contributed by atoms with Crippen molar-refractivity contribution in [2.24, 2.45) is 15.8 Å². The molecule has 0 aliphatic heterocycles. The minimum Gasteiger partial charge on any atom is -0.326 e. The van der Waals surface area contributed by atoms with Crippen molar-refractivity contribution in [2.45, 2.75) is 20.3 Å². The highest BCUT2D eigenvalue weighted by molar-refractivity contribution is 5.79. The van der Waals surface area contributed by atoms with E-state index in [0.29, 0.717) is 13.2 Å². The van der Waals surface area contributed by atoms with Crippen LogP contribution >= 0.6 is 0 Å². The van der Waals surface area contributed by atoms with Gasteiger partial charge in [-0.3, -0.25) is 10.3 Å². The third-order valence-corrected chi connectivity index (χ3v) is 2.55. The molecule has 0 aromatic heterocycles. The molecule has 3 N–H and O–H groups in total. The lowest BCUT2D eigenvalue weighted by Crippen LogP contribution is -2.38. The van der Waals surface area contributed by atoms with Gasteiger partial charge in [0.2, 0.25) is 0 Å². The molecule has 108 valence electrons. The van der Waals surface area contributed by atoms with E-state index in [4.69, 9.17) is 5.73 Å². The van der Waals surface area contributed by atoms with Gasteiger partial charge in [0.05, 0.1) is 33.1 Å². The molecule has 0 amide bonds. The number of nitrogens with two attached hydrogens (primary N) is 1. The second-order valence-corrected chi connectivity index (χ2v) is 4.17. The van der Waals surface area contributed by atoms with E-state index in [0.717, 1.165) is 31.0 Å². The zero-order valence-electron chi connectivity index (χ0n) is 12.4. The number of hydrogen-bond donors (Lipinski definition) is 2. The third-order valence-electron chi connectivity index (χ3n) is 2.55. The number of guanidine groups is 1. The van der Waals surface area contributed by atoms with Crippen molar-refractivity contribution in [2.75, 3.05) is 33.4 Å². The van der Waals surface area contributed by atoms with E-state index in [1.807, 2.05) is 11.6 Å². The Kier molecular flexibility index (Phi) is 9.34. The summed E-state index contributed by atoms with van der Waals surface area (Å²) in [6.45, 7) is 14.4. The van der Waals surface area contributed by atoms with Gasteiger partial charge >= 0.3 is 5.96 Å². The summed E-state index contributed by atoms with van der Waals surface area (Å²) in [5, 5.41) is 4.04. The Morgan fingerprint density at radius 1 is 1.47 bits per heavy atom. The van der Waals surface area contributed by atoms with Crippen LogP contribution in [0.3, 0.4) is 0 Å². The monoisotopic (exact) mass is 267 g/mol. The minimum atomic E-state index is 0.409. The van der Waals surface area contributed by atoms with Gasteiger partial charge in [-0.05, 0) is 18.9 Å². The summed E-state index contributed by atoms with van der Waals surface area (Å²) >= 11 is 0. The van der Waals surface area contributed by atoms with Gasteiger partial charge in [0.15, 0.2) is 6.67 Å². The van der Waals surface area contributed by atoms with Gasteiger partial charge < -0.3 is 5.73 Å². The summed E-state index contributed by atoms with van der Waals surface area (Å²) in [6.07, 6.45) is 2.70. The minimum absolute atomic E-state index is 0.409. The normalized spacial score (nSPS) is 12.2. The number of nitrogens with one attached hydrogen (secondary N) is 1. The van der Waals surface area contributed by atoms with E-state index in [-0.39, 0.29) is 0 Å². The van der Waals surface area contributed by atoms with Gasteiger partial charge in [-0.2, -0.15) is 5.10 Å². The van der Waals surface area contributed by atoms with Crippen LogP contribution < -0.4 is 11.2 Å². The SMILES string of the molecule is C=NC(N(CC)CCC)=[N+](C)CNN=CC(=C)CN. The Bertz CT molecular complexity index is 345. The first-order valence-electron chi connectivity index (χ1n) is 6.54. The Labute approximate surface area is 116 Å². The summed E-state index contributed by atoms with van der Waals surface area (Å²) in [5.41, 5.74) is 9.12. The molecule has 0 saturated carbocycles. The van der Waals surface area contributed by atoms with Gasteiger partial charge in [-0.15, -0.1) is 0 Å². The fourth-order valence-corrected chi connectivity index (χ4v) is 1.54. The van der Waals surface area contributed by atoms with Crippen molar-refractivity contribution >= 4 is 18.9 Å². The van der Waals surface area contributed by atoms with E-state index < -0.39 is 0 Å². The second-order valence-electron chi connectivity index (χ2n) is 4.17. The molecule has 0 aliphatic rings. The predicted octanol–water partition coefficient (Wildman–Crippen LogP) is 0.465. The highest BCUT2D eigenvalue weighted by Gasteiger charge is 2.16. The van der Waals surface area contributed by atoms with Crippen LogP contribution in [0.15, 0.2) is 22.2 Å². The molecule has 0 radical (unpaired) electrons. The predicted molar refractivity (Wildman–Crippen MR) is 83.0 cm³/mol. The van der Waals surface area contributed by atoms with E-state index in [2.05, 4.69) is 47.6 Å². The van der Waals surface area contributed by atoms with Gasteiger partial charge in [-0.25, -0.2) is 4.58 Å². The Hall–Kier alpha value is -1.69. The van der Waals surface area contributed by atoms with Crippen LogP contribution in [0.5, 0.6) is 0 Å². The summed E-state index contributed by atoms with van der Waals surface area (Å²) < 4.78 is 1.97. The number of nitrogens with zero attached hydrogens (tertiary/aromatic N) is 4. The average molecular weight is 267 g/mol. The maximum Gasteiger partial charge on any atom is 0.389 e. The average Bonchev–Trinajstić information content (AvgIpc) is 2.42. The fraction of sp³-hybridized carbons (Fsp3) is 0.615. The van der Waals surface area contributed by atoms with E-state index >= 15 is 0 Å². The van der Waals surface area contributed by atoms with Crippen molar-refractivity contribution < 1.29 is 4.58 Å². The van der Waals surface area contributed by atoms with Gasteiger partial charge in [0.25, 0.3) is 0 Å². The molecule has 0 heterocycles. The number of aliphatic imine (C=N–C) groups is 1. The lowest BCUT2D eigenvalue weighted by Gasteiger charge is -2.16. The first-order valence-corrected chi connectivity index (χ1v) is 6.54. The Morgan fingerprint density at radius 2 is 2.16 bits per heavy atom. The number of hydrazone groups is 1. The zero-order valence-corrected chi connectivity index (χ0v) is 12.4. The van der Waals surface area contributed by atoms with Crippen LogP contribution in [-0.4, -0.2) is 61.7 Å². The van der Waals surface area contributed by atoms with Gasteiger partial charge in [0.1, 0.15) is 0 Å². The summed E-state index contributed by atoms with van der Waals surface area (Å²) in [4.78, 5) is 6.27. The van der Waals surface area contributed by atoms with Crippen LogP contribution in [0.1, 0.15) is 20.3 Å². The van der Waals surface area contributed by atoms with Crippen LogP contribution in [0.4, 0.5) is 0 Å². The Morgan fingerprint density at radius 3 is 2.63 bits per heavy atom. The van der Waals surface area contributed by atoms with Crippen molar-refractivity contribution in [1.29, 1.82) is 0 Å². The lowest BCUT2D eigenvalue weighted by molar-refractivity contribution is -0.508. The molecule has 0 saturated heterocycles. The van der Waals surface area contributed by atoms with Crippen molar-refractivity contribution in [3.8, 4) is 0 Å². The highest BCUT2D eigenvalue weighted by atomic mass is 15.4. The molecule has 0 rings (SSSR count). The molecule has 0 spiro atoms. The number of hydrogen-bond acceptors (Lipinski definition) is 3. The maximum absolute atomic E-state index is 5.41. The summed E-state index contributed by atoms with van der Waals surface area (Å²) in [5.74, 6) is 0.852. The molecule has 0 aliphatic carbocycles.